The first-order valence-corrected chi connectivity index (χ1v) is 9.03. The predicted octanol–water partition coefficient (Wildman–Crippen LogP) is 2.05. The van der Waals surface area contributed by atoms with Gasteiger partial charge in [0.1, 0.15) is 5.01 Å². The number of methoxy groups -OCH3 is 1. The molecule has 2 atom stereocenters. The minimum absolute atomic E-state index is 0.00947. The van der Waals surface area contributed by atoms with E-state index in [9.17, 15) is 9.59 Å². The summed E-state index contributed by atoms with van der Waals surface area (Å²) < 4.78 is 5.09. The minimum Gasteiger partial charge on any atom is -0.383 e. The molecule has 0 aromatic carbocycles. The molecule has 1 fully saturated rings. The van der Waals surface area contributed by atoms with Crippen molar-refractivity contribution in [1.82, 2.24) is 15.1 Å². The number of rotatable bonds is 7. The van der Waals surface area contributed by atoms with Gasteiger partial charge in [-0.2, -0.15) is 0 Å². The highest BCUT2D eigenvalue weighted by Gasteiger charge is 2.37. The number of carbonyl (C=O) groups is 2. The Morgan fingerprint density at radius 1 is 1.50 bits per heavy atom. The van der Waals surface area contributed by atoms with Crippen LogP contribution in [0.3, 0.4) is 0 Å². The van der Waals surface area contributed by atoms with Crippen LogP contribution >= 0.6 is 11.3 Å². The molecule has 2 amide bonds. The highest BCUT2D eigenvalue weighted by Crippen LogP contribution is 2.31. The van der Waals surface area contributed by atoms with Gasteiger partial charge in [0.05, 0.1) is 18.6 Å². The van der Waals surface area contributed by atoms with Crippen LogP contribution in [0.15, 0.2) is 0 Å². The number of nitrogens with one attached hydrogen (secondary N) is 1. The van der Waals surface area contributed by atoms with Gasteiger partial charge in [0.2, 0.25) is 16.9 Å². The van der Waals surface area contributed by atoms with E-state index in [0.29, 0.717) is 18.3 Å². The number of amides is 2. The number of carbonyl (C=O) groups excluding carboxylic acids is 2. The largest absolute Gasteiger partial charge is 0.383 e. The van der Waals surface area contributed by atoms with E-state index in [1.54, 1.807) is 12.0 Å². The zero-order chi connectivity index (χ0) is 17.9. The first kappa shape index (κ1) is 18.8. The fraction of sp³-hybridized carbons (Fsp3) is 0.750. The Bertz CT molecular complexity index is 602. The number of aromatic nitrogens is 2. The summed E-state index contributed by atoms with van der Waals surface area (Å²) in [5.41, 5.74) is -0.0592. The number of ether oxygens (including phenoxy) is 1. The van der Waals surface area contributed by atoms with Crippen molar-refractivity contribution in [3.05, 3.63) is 5.01 Å². The number of hydrogen-bond donors (Lipinski definition) is 1. The lowest BCUT2D eigenvalue weighted by atomic mass is 9.91. The molecule has 1 N–H and O–H groups in total. The van der Waals surface area contributed by atoms with Gasteiger partial charge in [0.25, 0.3) is 0 Å². The van der Waals surface area contributed by atoms with Crippen molar-refractivity contribution in [2.45, 2.75) is 52.0 Å². The smallest absolute Gasteiger partial charge is 0.231 e. The number of anilines is 1. The Morgan fingerprint density at radius 3 is 2.83 bits per heavy atom. The summed E-state index contributed by atoms with van der Waals surface area (Å²) in [5.74, 6) is -0.541. The second kappa shape index (κ2) is 7.57. The lowest BCUT2D eigenvalue weighted by Gasteiger charge is -2.23. The summed E-state index contributed by atoms with van der Waals surface area (Å²) in [6, 6.07) is -0.0289. The van der Waals surface area contributed by atoms with Crippen molar-refractivity contribution in [3.8, 4) is 0 Å². The first-order valence-electron chi connectivity index (χ1n) is 8.21. The van der Waals surface area contributed by atoms with E-state index in [-0.39, 0.29) is 35.6 Å². The summed E-state index contributed by atoms with van der Waals surface area (Å²) in [5, 5.41) is 12.4. The van der Waals surface area contributed by atoms with E-state index < -0.39 is 0 Å². The molecule has 1 aliphatic rings. The second-order valence-corrected chi connectivity index (χ2v) is 7.87. The van der Waals surface area contributed by atoms with E-state index in [0.717, 1.165) is 11.4 Å². The topological polar surface area (TPSA) is 84.4 Å². The average molecular weight is 354 g/mol. The SMILES string of the molecule is CCC(C)(C)c1nnc(NC(=O)[C@H]2CC(=O)N([C@@H](C)COC)C2)s1. The summed E-state index contributed by atoms with van der Waals surface area (Å²) >= 11 is 1.39. The van der Waals surface area contributed by atoms with Gasteiger partial charge in [-0.25, -0.2) is 0 Å². The molecule has 0 spiro atoms. The van der Waals surface area contributed by atoms with Crippen LogP contribution in [0, 0.1) is 5.92 Å². The maximum Gasteiger partial charge on any atom is 0.231 e. The average Bonchev–Trinajstić information content (AvgIpc) is 3.14. The molecule has 0 radical (unpaired) electrons. The van der Waals surface area contributed by atoms with E-state index in [2.05, 4.69) is 36.3 Å². The lowest BCUT2D eigenvalue weighted by molar-refractivity contribution is -0.130. The van der Waals surface area contributed by atoms with Crippen LogP contribution in [0.25, 0.3) is 0 Å². The third-order valence-corrected chi connectivity index (χ3v) is 5.79. The Morgan fingerprint density at radius 2 is 2.21 bits per heavy atom. The molecule has 24 heavy (non-hydrogen) atoms. The van der Waals surface area contributed by atoms with Crippen molar-refractivity contribution in [1.29, 1.82) is 0 Å². The molecule has 1 aliphatic heterocycles. The molecular formula is C16H26N4O3S. The molecule has 1 saturated heterocycles. The molecule has 7 nitrogen and oxygen atoms in total. The zero-order valence-corrected chi connectivity index (χ0v) is 15.8. The van der Waals surface area contributed by atoms with Crippen LogP contribution in [0.1, 0.15) is 45.5 Å². The van der Waals surface area contributed by atoms with Crippen LogP contribution in [-0.4, -0.2) is 53.2 Å². The fourth-order valence-electron chi connectivity index (χ4n) is 2.57. The predicted molar refractivity (Wildman–Crippen MR) is 93.0 cm³/mol. The molecule has 2 rings (SSSR count). The van der Waals surface area contributed by atoms with Crippen LogP contribution in [0.4, 0.5) is 5.13 Å². The normalized spacial score (nSPS) is 19.6. The summed E-state index contributed by atoms with van der Waals surface area (Å²) in [7, 11) is 1.60. The van der Waals surface area contributed by atoms with Gasteiger partial charge in [-0.05, 0) is 13.3 Å². The summed E-state index contributed by atoms with van der Waals surface area (Å²) in [6.45, 7) is 9.10. The van der Waals surface area contributed by atoms with Crippen LogP contribution in [0.5, 0.6) is 0 Å². The molecule has 8 heteroatoms. The molecular weight excluding hydrogens is 328 g/mol. The van der Waals surface area contributed by atoms with Gasteiger partial charge in [0.15, 0.2) is 0 Å². The highest BCUT2D eigenvalue weighted by atomic mass is 32.1. The Kier molecular flexibility index (Phi) is 5.92. The molecule has 0 aliphatic carbocycles. The van der Waals surface area contributed by atoms with Gasteiger partial charge < -0.3 is 15.0 Å². The highest BCUT2D eigenvalue weighted by molar-refractivity contribution is 7.15. The Labute approximate surface area is 146 Å². The molecule has 0 saturated carbocycles. The van der Waals surface area contributed by atoms with Gasteiger partial charge >= 0.3 is 0 Å². The molecule has 0 bridgehead atoms. The number of hydrogen-bond acceptors (Lipinski definition) is 6. The van der Waals surface area contributed by atoms with Crippen molar-refractivity contribution in [3.63, 3.8) is 0 Å². The molecule has 1 aromatic rings. The summed E-state index contributed by atoms with van der Waals surface area (Å²) in [6.07, 6.45) is 1.17. The van der Waals surface area contributed by atoms with Gasteiger partial charge in [-0.15, -0.1) is 10.2 Å². The quantitative estimate of drug-likeness (QED) is 0.810. The van der Waals surface area contributed by atoms with E-state index >= 15 is 0 Å². The van der Waals surface area contributed by atoms with Gasteiger partial charge in [-0.1, -0.05) is 32.1 Å². The number of nitrogens with zero attached hydrogens (tertiary/aromatic N) is 3. The summed E-state index contributed by atoms with van der Waals surface area (Å²) in [4.78, 5) is 26.2. The minimum atomic E-state index is -0.358. The Hall–Kier alpha value is -1.54. The van der Waals surface area contributed by atoms with Gasteiger partial charge in [0, 0.05) is 25.5 Å². The zero-order valence-electron chi connectivity index (χ0n) is 15.0. The molecule has 2 heterocycles. The Balaban J connectivity index is 1.97. The standard InChI is InChI=1S/C16H26N4O3S/c1-6-16(3,4)14-18-19-15(24-14)17-13(22)11-7-12(21)20(8-11)10(2)9-23-5/h10-11H,6-9H2,1-5H3,(H,17,19,22)/t10-,11-/m0/s1. The van der Waals surface area contributed by atoms with E-state index in [1.165, 1.54) is 11.3 Å². The monoisotopic (exact) mass is 354 g/mol. The fourth-order valence-corrected chi connectivity index (χ4v) is 3.49. The lowest BCUT2D eigenvalue weighted by Crippen LogP contribution is -2.38. The van der Waals surface area contributed by atoms with Crippen LogP contribution in [-0.2, 0) is 19.7 Å². The first-order chi connectivity index (χ1) is 11.3. The van der Waals surface area contributed by atoms with Crippen molar-refractivity contribution >= 4 is 28.3 Å². The van der Waals surface area contributed by atoms with Crippen molar-refractivity contribution < 1.29 is 14.3 Å². The molecule has 1 aromatic heterocycles. The van der Waals surface area contributed by atoms with E-state index in [4.69, 9.17) is 4.74 Å². The third kappa shape index (κ3) is 4.10. The molecule has 134 valence electrons. The van der Waals surface area contributed by atoms with Crippen LogP contribution in [0.2, 0.25) is 0 Å². The molecule has 0 unspecified atom stereocenters. The third-order valence-electron chi connectivity index (χ3n) is 4.59. The van der Waals surface area contributed by atoms with E-state index in [1.807, 2.05) is 6.92 Å². The van der Waals surface area contributed by atoms with Crippen LogP contribution < -0.4 is 5.32 Å². The maximum atomic E-state index is 12.4. The van der Waals surface area contributed by atoms with Crippen molar-refractivity contribution in [2.24, 2.45) is 5.92 Å². The second-order valence-electron chi connectivity index (χ2n) is 6.89. The maximum absolute atomic E-state index is 12.4. The van der Waals surface area contributed by atoms with Gasteiger partial charge in [-0.3, -0.25) is 9.59 Å². The van der Waals surface area contributed by atoms with Crippen molar-refractivity contribution in [2.75, 3.05) is 25.6 Å². The number of likely N-dealkylation sites (tertiary alicyclic amines) is 1.